The Kier molecular flexibility index (Phi) is 6.43. The van der Waals surface area contributed by atoms with E-state index in [0.717, 1.165) is 49.7 Å². The summed E-state index contributed by atoms with van der Waals surface area (Å²) in [6.07, 6.45) is 2.45. The van der Waals surface area contributed by atoms with Crippen molar-refractivity contribution in [1.29, 1.82) is 0 Å². The van der Waals surface area contributed by atoms with Gasteiger partial charge in [-0.15, -0.1) is 0 Å². The van der Waals surface area contributed by atoms with Crippen LogP contribution in [-0.4, -0.2) is 43.8 Å². The third kappa shape index (κ3) is 4.52. The van der Waals surface area contributed by atoms with Crippen molar-refractivity contribution in [2.75, 3.05) is 31.3 Å². The molecule has 2 unspecified atom stereocenters. The molecule has 164 valence electrons. The summed E-state index contributed by atoms with van der Waals surface area (Å²) in [6, 6.07) is 13.0. The number of nitrogens with zero attached hydrogens (tertiary/aromatic N) is 2. The second-order valence-corrected chi connectivity index (χ2v) is 8.20. The maximum Gasteiger partial charge on any atom is 0.176 e. The zero-order valence-corrected chi connectivity index (χ0v) is 17.6. The van der Waals surface area contributed by atoms with E-state index in [2.05, 4.69) is 10.4 Å². The van der Waals surface area contributed by atoms with Gasteiger partial charge in [-0.3, -0.25) is 9.80 Å². The van der Waals surface area contributed by atoms with Crippen molar-refractivity contribution in [3.8, 4) is 0 Å². The first-order valence-corrected chi connectivity index (χ1v) is 10.7. The zero-order valence-electron chi connectivity index (χ0n) is 17.6. The molecule has 2 aromatic rings. The summed E-state index contributed by atoms with van der Waals surface area (Å²) in [6.45, 7) is 4.12. The van der Waals surface area contributed by atoms with Crippen LogP contribution in [0.2, 0.25) is 0 Å². The number of hydrogen-bond donors (Lipinski definition) is 1. The van der Waals surface area contributed by atoms with Gasteiger partial charge in [0, 0.05) is 26.1 Å². The molecule has 2 atom stereocenters. The van der Waals surface area contributed by atoms with E-state index in [1.54, 1.807) is 0 Å². The third-order valence-corrected chi connectivity index (χ3v) is 6.07. The van der Waals surface area contributed by atoms with Gasteiger partial charge in [0.25, 0.3) is 0 Å². The number of anilines is 1. The molecule has 31 heavy (non-hydrogen) atoms. The third-order valence-electron chi connectivity index (χ3n) is 6.07. The second-order valence-electron chi connectivity index (χ2n) is 8.20. The molecule has 0 radical (unpaired) electrons. The highest BCUT2D eigenvalue weighted by atomic mass is 19.1. The van der Waals surface area contributed by atoms with E-state index in [1.165, 1.54) is 11.9 Å². The van der Waals surface area contributed by atoms with E-state index in [4.69, 9.17) is 4.74 Å². The number of halogens is 2. The number of ether oxygens (including phenoxy) is 1. The van der Waals surface area contributed by atoms with Crippen molar-refractivity contribution in [3.05, 3.63) is 65.7 Å². The molecule has 0 amide bonds. The van der Waals surface area contributed by atoms with Gasteiger partial charge in [0.05, 0.1) is 30.4 Å². The van der Waals surface area contributed by atoms with Crippen LogP contribution in [0.5, 0.6) is 0 Å². The Labute approximate surface area is 181 Å². The van der Waals surface area contributed by atoms with Crippen LogP contribution < -0.4 is 10.3 Å². The van der Waals surface area contributed by atoms with Gasteiger partial charge in [-0.1, -0.05) is 30.3 Å². The molecule has 2 aliphatic rings. The Hall–Kier alpha value is -2.64. The molecule has 2 aromatic carbocycles. The minimum Gasteiger partial charge on any atom is -0.376 e. The molecular weight excluding hydrogens is 400 g/mol. The summed E-state index contributed by atoms with van der Waals surface area (Å²) in [5, 5.41) is 9.27. The number of rotatable bonds is 7. The van der Waals surface area contributed by atoms with Crippen molar-refractivity contribution in [1.82, 2.24) is 5.32 Å². The summed E-state index contributed by atoms with van der Waals surface area (Å²) >= 11 is 0. The number of benzene rings is 2. The molecule has 0 bridgehead atoms. The summed E-state index contributed by atoms with van der Waals surface area (Å²) in [7, 11) is 0. The first-order valence-electron chi connectivity index (χ1n) is 10.7. The Bertz CT molecular complexity index is 961. The molecule has 0 spiro atoms. The average Bonchev–Trinajstić information content (AvgIpc) is 3.18. The highest BCUT2D eigenvalue weighted by Gasteiger charge is 2.46. The van der Waals surface area contributed by atoms with Gasteiger partial charge >= 0.3 is 0 Å². The molecule has 7 heteroatoms. The molecule has 0 saturated carbocycles. The van der Waals surface area contributed by atoms with Crippen LogP contribution in [-0.2, 0) is 14.9 Å². The minimum absolute atomic E-state index is 0.0383. The van der Waals surface area contributed by atoms with Gasteiger partial charge in [0.15, 0.2) is 5.78 Å². The Morgan fingerprint density at radius 2 is 2.06 bits per heavy atom. The van der Waals surface area contributed by atoms with Crippen LogP contribution in [0.15, 0.2) is 53.6 Å². The number of hydrazone groups is 1. The number of carbonyl (C=O) groups is 1. The molecule has 5 nitrogen and oxygen atoms in total. The molecule has 4 rings (SSSR count). The predicted octanol–water partition coefficient (Wildman–Crippen LogP) is 3.83. The number of hydrogen-bond acceptors (Lipinski definition) is 5. The molecule has 1 saturated heterocycles. The molecular formula is C24H27F2N3O2. The fraction of sp³-hybridized carbons (Fsp3) is 0.417. The highest BCUT2D eigenvalue weighted by Crippen LogP contribution is 2.40. The van der Waals surface area contributed by atoms with Crippen LogP contribution in [0, 0.1) is 11.6 Å². The Balaban J connectivity index is 1.66. The second kappa shape index (κ2) is 9.24. The maximum absolute atomic E-state index is 14.5. The molecule has 0 aliphatic carbocycles. The van der Waals surface area contributed by atoms with E-state index >= 15 is 0 Å². The van der Waals surface area contributed by atoms with Crippen molar-refractivity contribution < 1.29 is 18.3 Å². The predicted molar refractivity (Wildman–Crippen MR) is 116 cm³/mol. The van der Waals surface area contributed by atoms with Crippen LogP contribution >= 0.6 is 0 Å². The van der Waals surface area contributed by atoms with Gasteiger partial charge in [0.1, 0.15) is 17.3 Å². The lowest BCUT2D eigenvalue weighted by molar-refractivity contribution is -0.111. The lowest BCUT2D eigenvalue weighted by atomic mass is 9.71. The van der Waals surface area contributed by atoms with E-state index in [0.29, 0.717) is 18.7 Å². The lowest BCUT2D eigenvalue weighted by Gasteiger charge is -2.32. The van der Waals surface area contributed by atoms with Crippen LogP contribution in [0.4, 0.5) is 14.5 Å². The summed E-state index contributed by atoms with van der Waals surface area (Å²) in [5.74, 6) is -1.28. The minimum atomic E-state index is -0.700. The molecule has 2 heterocycles. The van der Waals surface area contributed by atoms with E-state index in [-0.39, 0.29) is 24.1 Å². The molecule has 1 N–H and O–H groups in total. The first-order chi connectivity index (χ1) is 15.0. The standard InChI is InChI=1S/C24H27F2N3O2/c1-17(30)23-24(18-6-3-2-4-7-18,11-5-8-20-15-27-12-13-31-20)16-29(28-23)22-14-19(25)9-10-21(22)26/h2-4,6-7,9-10,14,20,27H,5,8,11-13,15-16H2,1H3. The number of Topliss-reactive ketones (excluding diaryl/α,β-unsaturated/α-hetero) is 1. The van der Waals surface area contributed by atoms with E-state index in [1.807, 2.05) is 30.3 Å². The van der Waals surface area contributed by atoms with Gasteiger partial charge in [-0.2, -0.15) is 5.10 Å². The quantitative estimate of drug-likeness (QED) is 0.730. The van der Waals surface area contributed by atoms with Crippen LogP contribution in [0.25, 0.3) is 0 Å². The number of nitrogens with one attached hydrogen (secondary N) is 1. The largest absolute Gasteiger partial charge is 0.376 e. The number of carbonyl (C=O) groups excluding carboxylic acids is 1. The van der Waals surface area contributed by atoms with Crippen molar-refractivity contribution in [3.63, 3.8) is 0 Å². The summed E-state index contributed by atoms with van der Waals surface area (Å²) < 4.78 is 34.2. The van der Waals surface area contributed by atoms with Crippen molar-refractivity contribution >= 4 is 17.2 Å². The van der Waals surface area contributed by atoms with E-state index in [9.17, 15) is 13.6 Å². The Morgan fingerprint density at radius 1 is 1.26 bits per heavy atom. The van der Waals surface area contributed by atoms with Crippen LogP contribution in [0.3, 0.4) is 0 Å². The highest BCUT2D eigenvalue weighted by molar-refractivity contribution is 6.43. The van der Waals surface area contributed by atoms with Gasteiger partial charge < -0.3 is 10.1 Å². The fourth-order valence-corrected chi connectivity index (χ4v) is 4.58. The summed E-state index contributed by atoms with van der Waals surface area (Å²) in [4.78, 5) is 12.7. The SMILES string of the molecule is CC(=O)C1=NN(c2cc(F)ccc2F)CC1(CCCC1CNCCO1)c1ccccc1. The molecule has 2 aliphatic heterocycles. The maximum atomic E-state index is 14.5. The van der Waals surface area contributed by atoms with Crippen molar-refractivity contribution in [2.24, 2.45) is 5.10 Å². The van der Waals surface area contributed by atoms with E-state index < -0.39 is 17.0 Å². The smallest absolute Gasteiger partial charge is 0.176 e. The van der Waals surface area contributed by atoms with Gasteiger partial charge in [-0.05, 0) is 37.0 Å². The normalized spacial score (nSPS) is 23.6. The monoisotopic (exact) mass is 427 g/mol. The molecule has 1 fully saturated rings. The van der Waals surface area contributed by atoms with Gasteiger partial charge in [-0.25, -0.2) is 8.78 Å². The summed E-state index contributed by atoms with van der Waals surface area (Å²) in [5.41, 5.74) is 0.667. The molecule has 0 aromatic heterocycles. The average molecular weight is 427 g/mol. The zero-order chi connectivity index (χ0) is 21.8. The fourth-order valence-electron chi connectivity index (χ4n) is 4.58. The number of ketones is 1. The number of morpholine rings is 1. The van der Waals surface area contributed by atoms with Gasteiger partial charge in [0.2, 0.25) is 0 Å². The lowest BCUT2D eigenvalue weighted by Crippen LogP contribution is -2.42. The van der Waals surface area contributed by atoms with Crippen molar-refractivity contribution in [2.45, 2.75) is 37.7 Å². The topological polar surface area (TPSA) is 53.9 Å². The first kappa shape index (κ1) is 21.6. The van der Waals surface area contributed by atoms with Crippen LogP contribution in [0.1, 0.15) is 31.7 Å². The Morgan fingerprint density at radius 3 is 2.77 bits per heavy atom.